The summed E-state index contributed by atoms with van der Waals surface area (Å²) in [6, 6.07) is 3.02. The van der Waals surface area contributed by atoms with Crippen LogP contribution < -0.4 is 5.32 Å². The average molecular weight is 209 g/mol. The maximum atomic E-state index is 3.39. The zero-order chi connectivity index (χ0) is 9.97. The summed E-state index contributed by atoms with van der Waals surface area (Å²) in [7, 11) is 2.08. The van der Waals surface area contributed by atoms with Gasteiger partial charge in [0.25, 0.3) is 0 Å². The second-order valence-electron chi connectivity index (χ2n) is 4.31. The van der Waals surface area contributed by atoms with E-state index < -0.39 is 0 Å². The first-order valence-electron chi connectivity index (χ1n) is 5.52. The summed E-state index contributed by atoms with van der Waals surface area (Å²) in [6.45, 7) is 2.25. The maximum Gasteiger partial charge on any atom is 0.0105 e. The van der Waals surface area contributed by atoms with Crippen molar-refractivity contribution in [1.29, 1.82) is 0 Å². The predicted octanol–water partition coefficient (Wildman–Crippen LogP) is 3.30. The van der Waals surface area contributed by atoms with Crippen LogP contribution in [0.2, 0.25) is 0 Å². The normalized spacial score (nSPS) is 27.9. The van der Waals surface area contributed by atoms with E-state index in [0.29, 0.717) is 0 Å². The van der Waals surface area contributed by atoms with E-state index in [1.165, 1.54) is 31.2 Å². The molecule has 0 aliphatic heterocycles. The maximum absolute atomic E-state index is 3.39. The highest BCUT2D eigenvalue weighted by Crippen LogP contribution is 2.36. The Bertz CT molecular complexity index is 284. The standard InChI is InChI=1S/C12H19NS/c1-9-7-8-14-12(9)10-3-5-11(13-2)6-4-10/h7-8,10-11,13H,3-6H2,1-2H3. The smallest absolute Gasteiger partial charge is 0.0105 e. The van der Waals surface area contributed by atoms with Crippen molar-refractivity contribution in [3.05, 3.63) is 21.9 Å². The summed E-state index contributed by atoms with van der Waals surface area (Å²) in [5.74, 6) is 0.847. The van der Waals surface area contributed by atoms with Gasteiger partial charge in [0.15, 0.2) is 0 Å². The molecule has 0 saturated heterocycles. The fourth-order valence-electron chi connectivity index (χ4n) is 2.45. The predicted molar refractivity (Wildman–Crippen MR) is 63.1 cm³/mol. The Morgan fingerprint density at radius 2 is 2.00 bits per heavy atom. The Labute approximate surface area is 90.5 Å². The molecule has 1 heterocycles. The minimum absolute atomic E-state index is 0.770. The van der Waals surface area contributed by atoms with Gasteiger partial charge in [-0.05, 0) is 62.6 Å². The van der Waals surface area contributed by atoms with Crippen LogP contribution in [0.25, 0.3) is 0 Å². The van der Waals surface area contributed by atoms with Crippen LogP contribution in [0.4, 0.5) is 0 Å². The number of hydrogen-bond donors (Lipinski definition) is 1. The Morgan fingerprint density at radius 3 is 2.50 bits per heavy atom. The molecule has 1 N–H and O–H groups in total. The molecular weight excluding hydrogens is 190 g/mol. The highest BCUT2D eigenvalue weighted by molar-refractivity contribution is 7.10. The molecule has 1 aromatic rings. The van der Waals surface area contributed by atoms with E-state index in [1.807, 2.05) is 11.3 Å². The molecule has 0 radical (unpaired) electrons. The zero-order valence-corrected chi connectivity index (χ0v) is 9.86. The first-order chi connectivity index (χ1) is 6.81. The van der Waals surface area contributed by atoms with Crippen molar-refractivity contribution in [2.45, 2.75) is 44.6 Å². The molecule has 1 aromatic heterocycles. The Hall–Kier alpha value is -0.340. The number of thiophene rings is 1. The fraction of sp³-hybridized carbons (Fsp3) is 0.667. The van der Waals surface area contributed by atoms with Crippen molar-refractivity contribution >= 4 is 11.3 Å². The van der Waals surface area contributed by atoms with E-state index >= 15 is 0 Å². The van der Waals surface area contributed by atoms with Gasteiger partial charge in [0.1, 0.15) is 0 Å². The van der Waals surface area contributed by atoms with Crippen molar-refractivity contribution in [2.24, 2.45) is 0 Å². The SMILES string of the molecule is CNC1CCC(c2sccc2C)CC1. The third-order valence-electron chi connectivity index (χ3n) is 3.41. The first-order valence-corrected chi connectivity index (χ1v) is 6.40. The van der Waals surface area contributed by atoms with E-state index in [4.69, 9.17) is 0 Å². The van der Waals surface area contributed by atoms with Gasteiger partial charge in [-0.1, -0.05) is 0 Å². The summed E-state index contributed by atoms with van der Waals surface area (Å²) in [5.41, 5.74) is 1.50. The van der Waals surface area contributed by atoms with Gasteiger partial charge in [-0.15, -0.1) is 11.3 Å². The van der Waals surface area contributed by atoms with E-state index in [-0.39, 0.29) is 0 Å². The topological polar surface area (TPSA) is 12.0 Å². The molecule has 0 aromatic carbocycles. The zero-order valence-electron chi connectivity index (χ0n) is 9.05. The van der Waals surface area contributed by atoms with Gasteiger partial charge in [0.2, 0.25) is 0 Å². The molecule has 1 aliphatic carbocycles. The molecule has 0 bridgehead atoms. The fourth-order valence-corrected chi connectivity index (χ4v) is 3.55. The minimum atomic E-state index is 0.770. The molecule has 0 amide bonds. The number of aryl methyl sites for hydroxylation is 1. The van der Waals surface area contributed by atoms with Crippen LogP contribution in [0.1, 0.15) is 42.0 Å². The molecule has 0 spiro atoms. The van der Waals surface area contributed by atoms with Gasteiger partial charge in [0, 0.05) is 10.9 Å². The highest BCUT2D eigenvalue weighted by Gasteiger charge is 2.22. The number of nitrogens with one attached hydrogen (secondary N) is 1. The number of hydrogen-bond acceptors (Lipinski definition) is 2. The molecule has 1 fully saturated rings. The van der Waals surface area contributed by atoms with Gasteiger partial charge in [0.05, 0.1) is 0 Å². The molecule has 1 saturated carbocycles. The summed E-state index contributed by atoms with van der Waals surface area (Å²) in [5, 5.41) is 5.62. The van der Waals surface area contributed by atoms with Crippen molar-refractivity contribution in [1.82, 2.24) is 5.32 Å². The lowest BCUT2D eigenvalue weighted by molar-refractivity contribution is 0.361. The van der Waals surface area contributed by atoms with Crippen molar-refractivity contribution in [2.75, 3.05) is 7.05 Å². The molecule has 2 heteroatoms. The molecule has 14 heavy (non-hydrogen) atoms. The van der Waals surface area contributed by atoms with E-state index in [1.54, 1.807) is 4.88 Å². The van der Waals surface area contributed by atoms with Crippen molar-refractivity contribution in [3.8, 4) is 0 Å². The first kappa shape index (κ1) is 10.2. The van der Waals surface area contributed by atoms with Crippen molar-refractivity contribution in [3.63, 3.8) is 0 Å². The third kappa shape index (κ3) is 2.01. The van der Waals surface area contributed by atoms with Crippen LogP contribution in [0.3, 0.4) is 0 Å². The van der Waals surface area contributed by atoms with Crippen LogP contribution in [0.5, 0.6) is 0 Å². The summed E-state index contributed by atoms with van der Waals surface area (Å²) < 4.78 is 0. The lowest BCUT2D eigenvalue weighted by Crippen LogP contribution is -2.29. The Kier molecular flexibility index (Phi) is 3.24. The van der Waals surface area contributed by atoms with Crippen LogP contribution in [-0.2, 0) is 0 Å². The van der Waals surface area contributed by atoms with Crippen LogP contribution in [0, 0.1) is 6.92 Å². The third-order valence-corrected chi connectivity index (χ3v) is 4.59. The van der Waals surface area contributed by atoms with Crippen LogP contribution >= 0.6 is 11.3 Å². The Balaban J connectivity index is 1.99. The molecule has 0 unspecified atom stereocenters. The lowest BCUT2D eigenvalue weighted by Gasteiger charge is -2.28. The van der Waals surface area contributed by atoms with Gasteiger partial charge >= 0.3 is 0 Å². The van der Waals surface area contributed by atoms with Gasteiger partial charge < -0.3 is 5.32 Å². The second-order valence-corrected chi connectivity index (χ2v) is 5.25. The lowest BCUT2D eigenvalue weighted by atomic mass is 9.84. The second kappa shape index (κ2) is 4.45. The van der Waals surface area contributed by atoms with Crippen LogP contribution in [-0.4, -0.2) is 13.1 Å². The number of rotatable bonds is 2. The summed E-state index contributed by atoms with van der Waals surface area (Å²) in [4.78, 5) is 1.64. The van der Waals surface area contributed by atoms with Gasteiger partial charge in [-0.25, -0.2) is 0 Å². The van der Waals surface area contributed by atoms with Crippen molar-refractivity contribution < 1.29 is 0 Å². The highest BCUT2D eigenvalue weighted by atomic mass is 32.1. The molecule has 1 aliphatic rings. The van der Waals surface area contributed by atoms with E-state index in [2.05, 4.69) is 30.7 Å². The van der Waals surface area contributed by atoms with E-state index in [0.717, 1.165) is 12.0 Å². The van der Waals surface area contributed by atoms with E-state index in [9.17, 15) is 0 Å². The quantitative estimate of drug-likeness (QED) is 0.788. The minimum Gasteiger partial charge on any atom is -0.317 e. The van der Waals surface area contributed by atoms with Crippen LogP contribution in [0.15, 0.2) is 11.4 Å². The summed E-state index contributed by atoms with van der Waals surface area (Å²) in [6.07, 6.45) is 5.43. The molecule has 2 rings (SSSR count). The van der Waals surface area contributed by atoms with Gasteiger partial charge in [-0.3, -0.25) is 0 Å². The monoisotopic (exact) mass is 209 g/mol. The average Bonchev–Trinajstić information content (AvgIpc) is 2.65. The molecule has 0 atom stereocenters. The summed E-state index contributed by atoms with van der Waals surface area (Å²) >= 11 is 1.94. The largest absolute Gasteiger partial charge is 0.317 e. The Morgan fingerprint density at radius 1 is 1.29 bits per heavy atom. The molecule has 78 valence electrons. The van der Waals surface area contributed by atoms with Gasteiger partial charge in [-0.2, -0.15) is 0 Å². The molecular formula is C12H19NS. The molecule has 1 nitrogen and oxygen atoms in total.